The molecule has 2 atom stereocenters. The molecule has 1 aromatic carbocycles. The van der Waals surface area contributed by atoms with Gasteiger partial charge < -0.3 is 9.54 Å². The number of aromatic amines is 1. The van der Waals surface area contributed by atoms with E-state index in [4.69, 9.17) is 0 Å². The zero-order chi connectivity index (χ0) is 12.6. The first-order valence-electron chi connectivity index (χ1n) is 5.34. The molecule has 1 aromatic heterocycles. The van der Waals surface area contributed by atoms with Gasteiger partial charge in [0.2, 0.25) is 0 Å². The molecule has 92 valence electrons. The zero-order valence-corrected chi connectivity index (χ0v) is 12.4. The predicted octanol–water partition coefficient (Wildman–Crippen LogP) is 2.95. The van der Waals surface area contributed by atoms with Crippen molar-refractivity contribution in [3.8, 4) is 0 Å². The van der Waals surface area contributed by atoms with Crippen LogP contribution in [0.15, 0.2) is 33.8 Å². The van der Waals surface area contributed by atoms with Crippen molar-refractivity contribution in [3.05, 3.63) is 28.9 Å². The smallest absolute Gasteiger partial charge is 0.179 e. The fourth-order valence-electron chi connectivity index (χ4n) is 1.61. The summed E-state index contributed by atoms with van der Waals surface area (Å²) in [5, 5.41) is 1.01. The molecule has 3 nitrogen and oxygen atoms in total. The molecule has 0 amide bonds. The first-order valence-corrected chi connectivity index (χ1v) is 7.35. The maximum Gasteiger partial charge on any atom is 0.179 e. The van der Waals surface area contributed by atoms with Gasteiger partial charge in [-0.2, -0.15) is 0 Å². The lowest BCUT2D eigenvalue weighted by Crippen LogP contribution is -2.32. The van der Waals surface area contributed by atoms with Gasteiger partial charge in [0, 0.05) is 15.6 Å². The highest BCUT2D eigenvalue weighted by atomic mass is 79.9. The molecule has 0 radical (unpaired) electrons. The molecule has 1 N–H and O–H groups in total. The van der Waals surface area contributed by atoms with Gasteiger partial charge in [-0.05, 0) is 39.2 Å². The molecule has 0 spiro atoms. The van der Waals surface area contributed by atoms with Gasteiger partial charge in [-0.15, -0.1) is 0 Å². The maximum absolute atomic E-state index is 12.4. The minimum atomic E-state index is -1.04. The Morgan fingerprint density at radius 2 is 2.12 bits per heavy atom. The Kier molecular flexibility index (Phi) is 3.82. The monoisotopic (exact) mass is 314 g/mol. The number of nitrogens with zero attached hydrogens (tertiary/aromatic N) is 1. The highest BCUT2D eigenvalue weighted by Crippen LogP contribution is 2.28. The number of H-pyrrole nitrogens is 1. The summed E-state index contributed by atoms with van der Waals surface area (Å²) in [5.74, 6) is 0. The molecule has 0 bridgehead atoms. The lowest BCUT2D eigenvalue weighted by Gasteiger charge is -2.22. The summed E-state index contributed by atoms with van der Waals surface area (Å²) in [7, 11) is 3.88. The first kappa shape index (κ1) is 13.0. The molecule has 2 rings (SSSR count). The standard InChI is InChI=1S/C12H15BrN2OS/c1-8(15(2)3)17(16)12-7-14-11-5-4-9(13)6-10(11)12/h4-8,14H,1-3H3. The number of halogens is 1. The average Bonchev–Trinajstić information content (AvgIpc) is 2.69. The van der Waals surface area contributed by atoms with Crippen LogP contribution in [0, 0.1) is 0 Å². The largest absolute Gasteiger partial charge is 0.610 e. The summed E-state index contributed by atoms with van der Waals surface area (Å²) in [6, 6.07) is 5.96. The molecule has 5 heteroatoms. The first-order chi connectivity index (χ1) is 8.00. The van der Waals surface area contributed by atoms with E-state index in [-0.39, 0.29) is 5.37 Å². The maximum atomic E-state index is 12.4. The summed E-state index contributed by atoms with van der Waals surface area (Å²) in [5.41, 5.74) is 1.02. The lowest BCUT2D eigenvalue weighted by atomic mass is 10.2. The summed E-state index contributed by atoms with van der Waals surface area (Å²) < 4.78 is 13.4. The number of rotatable bonds is 3. The Morgan fingerprint density at radius 1 is 1.41 bits per heavy atom. The van der Waals surface area contributed by atoms with Crippen LogP contribution in [0.5, 0.6) is 0 Å². The molecule has 2 aromatic rings. The van der Waals surface area contributed by atoms with Gasteiger partial charge in [0.15, 0.2) is 10.3 Å². The number of hydrogen-bond donors (Lipinski definition) is 1. The van der Waals surface area contributed by atoms with Crippen LogP contribution in [0.25, 0.3) is 10.9 Å². The molecular formula is C12H15BrN2OS. The highest BCUT2D eigenvalue weighted by molar-refractivity contribution is 9.10. The van der Waals surface area contributed by atoms with Gasteiger partial charge >= 0.3 is 0 Å². The van der Waals surface area contributed by atoms with Crippen LogP contribution in [0.3, 0.4) is 0 Å². The van der Waals surface area contributed by atoms with E-state index in [1.54, 1.807) is 0 Å². The van der Waals surface area contributed by atoms with Gasteiger partial charge in [-0.3, -0.25) is 4.90 Å². The minimum absolute atomic E-state index is 0.00650. The van der Waals surface area contributed by atoms with Crippen LogP contribution in [-0.4, -0.2) is 33.9 Å². The molecule has 0 aliphatic heterocycles. The Labute approximate surface area is 113 Å². The number of nitrogens with one attached hydrogen (secondary N) is 1. The third-order valence-corrected chi connectivity index (χ3v) is 5.17. The van der Waals surface area contributed by atoms with Crippen LogP contribution in [-0.2, 0) is 11.2 Å². The van der Waals surface area contributed by atoms with Crippen molar-refractivity contribution in [2.45, 2.75) is 17.2 Å². The Balaban J connectivity index is 2.45. The van der Waals surface area contributed by atoms with Crippen molar-refractivity contribution >= 4 is 38.0 Å². The van der Waals surface area contributed by atoms with E-state index in [2.05, 4.69) is 20.9 Å². The molecule has 17 heavy (non-hydrogen) atoms. The van der Waals surface area contributed by atoms with Gasteiger partial charge in [0.05, 0.1) is 17.1 Å². The van der Waals surface area contributed by atoms with E-state index in [1.807, 2.05) is 50.3 Å². The van der Waals surface area contributed by atoms with Crippen molar-refractivity contribution in [3.63, 3.8) is 0 Å². The van der Waals surface area contributed by atoms with Gasteiger partial charge in [0.1, 0.15) is 0 Å². The van der Waals surface area contributed by atoms with Gasteiger partial charge in [0.25, 0.3) is 0 Å². The molecule has 0 aliphatic carbocycles. The third kappa shape index (κ3) is 2.52. The minimum Gasteiger partial charge on any atom is -0.610 e. The molecule has 0 fully saturated rings. The molecule has 2 unspecified atom stereocenters. The Hall–Kier alpha value is -0.490. The highest BCUT2D eigenvalue weighted by Gasteiger charge is 2.25. The van der Waals surface area contributed by atoms with Crippen molar-refractivity contribution in [2.75, 3.05) is 14.1 Å². The Bertz CT molecular complexity index is 526. The normalized spacial score (nSPS) is 15.4. The van der Waals surface area contributed by atoms with Crippen LogP contribution in [0.4, 0.5) is 0 Å². The molecule has 1 heterocycles. The fourth-order valence-corrected chi connectivity index (χ4v) is 3.28. The predicted molar refractivity (Wildman–Crippen MR) is 75.6 cm³/mol. The number of fused-ring (bicyclic) bond motifs is 1. The molecular weight excluding hydrogens is 300 g/mol. The number of benzene rings is 1. The van der Waals surface area contributed by atoms with Crippen molar-refractivity contribution < 1.29 is 4.55 Å². The van der Waals surface area contributed by atoms with E-state index in [1.165, 1.54) is 0 Å². The van der Waals surface area contributed by atoms with E-state index in [0.717, 1.165) is 20.3 Å². The number of hydrogen-bond acceptors (Lipinski definition) is 2. The molecule has 0 saturated heterocycles. The van der Waals surface area contributed by atoms with Crippen LogP contribution >= 0.6 is 15.9 Å². The van der Waals surface area contributed by atoms with Crippen LogP contribution < -0.4 is 0 Å². The average molecular weight is 315 g/mol. The van der Waals surface area contributed by atoms with E-state index in [0.29, 0.717) is 0 Å². The summed E-state index contributed by atoms with van der Waals surface area (Å²) >= 11 is 2.41. The second kappa shape index (κ2) is 5.02. The van der Waals surface area contributed by atoms with Gasteiger partial charge in [-0.1, -0.05) is 15.9 Å². The van der Waals surface area contributed by atoms with Crippen molar-refractivity contribution in [1.82, 2.24) is 9.88 Å². The molecule has 0 saturated carbocycles. The zero-order valence-electron chi connectivity index (χ0n) is 10.0. The quantitative estimate of drug-likeness (QED) is 0.885. The fraction of sp³-hybridized carbons (Fsp3) is 0.333. The summed E-state index contributed by atoms with van der Waals surface area (Å²) in [6.45, 7) is 1.97. The van der Waals surface area contributed by atoms with Crippen molar-refractivity contribution in [1.29, 1.82) is 0 Å². The topological polar surface area (TPSA) is 42.1 Å². The Morgan fingerprint density at radius 3 is 2.76 bits per heavy atom. The summed E-state index contributed by atoms with van der Waals surface area (Å²) in [4.78, 5) is 5.99. The lowest BCUT2D eigenvalue weighted by molar-refractivity contribution is 0.381. The number of aromatic nitrogens is 1. The van der Waals surface area contributed by atoms with Gasteiger partial charge in [-0.25, -0.2) is 0 Å². The second-order valence-electron chi connectivity index (χ2n) is 4.20. The van der Waals surface area contributed by atoms with E-state index >= 15 is 0 Å². The SMILES string of the molecule is CC(N(C)C)[S+]([O-])c1c[nH]c2ccc(Br)cc12. The van der Waals surface area contributed by atoms with E-state index < -0.39 is 11.2 Å². The van der Waals surface area contributed by atoms with E-state index in [9.17, 15) is 4.55 Å². The van der Waals surface area contributed by atoms with Crippen LogP contribution in [0.2, 0.25) is 0 Å². The second-order valence-corrected chi connectivity index (χ2v) is 6.84. The third-order valence-electron chi connectivity index (χ3n) is 2.86. The van der Waals surface area contributed by atoms with Crippen LogP contribution in [0.1, 0.15) is 6.92 Å². The van der Waals surface area contributed by atoms with Crippen molar-refractivity contribution in [2.24, 2.45) is 0 Å². The molecule has 0 aliphatic rings. The summed E-state index contributed by atoms with van der Waals surface area (Å²) in [6.07, 6.45) is 1.84.